The summed E-state index contributed by atoms with van der Waals surface area (Å²) in [4.78, 5) is 0. The molecule has 3 rings (SSSR count). The molecular formula is C23H26F6O2. The Balaban J connectivity index is 0.000000412. The molecule has 0 radical (unpaired) electrons. The highest BCUT2D eigenvalue weighted by Gasteiger charge is 2.39. The lowest BCUT2D eigenvalue weighted by molar-refractivity contribution is -0.143. The Kier molecular flexibility index (Phi) is 7.81. The SMILES string of the molecule is C[C@@H](OCC1CC(C)(O)C1)c1cc(C(F)(F)F)cc(C(F)(F)F)c1.Cc1ccccc1. The van der Waals surface area contributed by atoms with E-state index in [9.17, 15) is 31.4 Å². The fraction of sp³-hybridized carbons (Fsp3) is 0.478. The zero-order valence-corrected chi connectivity index (χ0v) is 17.5. The van der Waals surface area contributed by atoms with Gasteiger partial charge in [0.2, 0.25) is 0 Å². The summed E-state index contributed by atoms with van der Waals surface area (Å²) in [6.07, 6.45) is -9.67. The maximum absolute atomic E-state index is 12.8. The Hall–Kier alpha value is -2.06. The van der Waals surface area contributed by atoms with Crippen LogP contribution in [0, 0.1) is 12.8 Å². The minimum Gasteiger partial charge on any atom is -0.390 e. The number of aryl methyl sites for hydroxylation is 1. The number of aliphatic hydroxyl groups is 1. The standard InChI is InChI=1S/C16H18F6O2.C7H8/c1-9(24-8-10-6-14(2,23)7-10)11-3-12(15(17,18)19)5-13(4-11)16(20,21)22;1-7-5-3-2-4-6-7/h3-5,9-10,23H,6-8H2,1-2H3;2-6H,1H3/t9-,10?,14?;/m1./s1. The molecule has 1 aliphatic rings. The van der Waals surface area contributed by atoms with Gasteiger partial charge in [-0.2, -0.15) is 26.3 Å². The first-order chi connectivity index (χ1) is 14.2. The summed E-state index contributed by atoms with van der Waals surface area (Å²) < 4.78 is 82.4. The van der Waals surface area contributed by atoms with E-state index in [4.69, 9.17) is 4.74 Å². The lowest BCUT2D eigenvalue weighted by Gasteiger charge is -2.41. The van der Waals surface area contributed by atoms with Crippen LogP contribution in [-0.2, 0) is 17.1 Å². The summed E-state index contributed by atoms with van der Waals surface area (Å²) >= 11 is 0. The van der Waals surface area contributed by atoms with Crippen molar-refractivity contribution in [1.82, 2.24) is 0 Å². The zero-order chi connectivity index (χ0) is 23.4. The van der Waals surface area contributed by atoms with Crippen LogP contribution in [0.1, 0.15) is 55.0 Å². The van der Waals surface area contributed by atoms with E-state index in [2.05, 4.69) is 19.1 Å². The van der Waals surface area contributed by atoms with Gasteiger partial charge in [0.1, 0.15) is 0 Å². The van der Waals surface area contributed by atoms with Crippen LogP contribution < -0.4 is 0 Å². The van der Waals surface area contributed by atoms with Crippen molar-refractivity contribution in [2.24, 2.45) is 5.92 Å². The van der Waals surface area contributed by atoms with E-state index in [0.717, 1.165) is 0 Å². The van der Waals surface area contributed by atoms with Crippen molar-refractivity contribution in [3.8, 4) is 0 Å². The third-order valence-corrected chi connectivity index (χ3v) is 5.06. The predicted molar refractivity (Wildman–Crippen MR) is 105 cm³/mol. The van der Waals surface area contributed by atoms with Gasteiger partial charge in [0, 0.05) is 0 Å². The second kappa shape index (κ2) is 9.61. The fourth-order valence-electron chi connectivity index (χ4n) is 3.43. The van der Waals surface area contributed by atoms with Crippen molar-refractivity contribution in [2.45, 2.75) is 57.7 Å². The molecule has 0 amide bonds. The molecule has 1 atom stereocenters. The number of benzene rings is 2. The summed E-state index contributed by atoms with van der Waals surface area (Å²) in [5.74, 6) is 0.0512. The average Bonchev–Trinajstić information content (AvgIpc) is 2.63. The van der Waals surface area contributed by atoms with Gasteiger partial charge in [-0.25, -0.2) is 0 Å². The second-order valence-corrected chi connectivity index (χ2v) is 8.24. The molecule has 0 saturated heterocycles. The highest BCUT2D eigenvalue weighted by atomic mass is 19.4. The van der Waals surface area contributed by atoms with Gasteiger partial charge >= 0.3 is 12.4 Å². The van der Waals surface area contributed by atoms with Crippen LogP contribution in [0.3, 0.4) is 0 Å². The van der Waals surface area contributed by atoms with Gasteiger partial charge in [0.05, 0.1) is 29.4 Å². The smallest absolute Gasteiger partial charge is 0.390 e. The first-order valence-electron chi connectivity index (χ1n) is 9.82. The molecule has 2 aromatic rings. The fourth-order valence-corrected chi connectivity index (χ4v) is 3.43. The van der Waals surface area contributed by atoms with E-state index < -0.39 is 35.2 Å². The van der Waals surface area contributed by atoms with Gasteiger partial charge < -0.3 is 9.84 Å². The highest BCUT2D eigenvalue weighted by molar-refractivity contribution is 5.34. The van der Waals surface area contributed by atoms with Crippen molar-refractivity contribution in [3.63, 3.8) is 0 Å². The van der Waals surface area contributed by atoms with Crippen molar-refractivity contribution in [2.75, 3.05) is 6.61 Å². The quantitative estimate of drug-likeness (QED) is 0.513. The van der Waals surface area contributed by atoms with Crippen molar-refractivity contribution < 1.29 is 36.2 Å². The molecule has 8 heteroatoms. The minimum atomic E-state index is -4.87. The molecule has 0 aliphatic heterocycles. The number of alkyl halides is 6. The number of hydrogen-bond donors (Lipinski definition) is 1. The molecule has 31 heavy (non-hydrogen) atoms. The van der Waals surface area contributed by atoms with Gasteiger partial charge in [-0.15, -0.1) is 0 Å². The van der Waals surface area contributed by atoms with Crippen LogP contribution >= 0.6 is 0 Å². The Morgan fingerprint density at radius 2 is 1.45 bits per heavy atom. The molecule has 1 fully saturated rings. The Morgan fingerprint density at radius 3 is 1.81 bits per heavy atom. The molecule has 1 aliphatic carbocycles. The molecular weight excluding hydrogens is 422 g/mol. The number of hydrogen-bond acceptors (Lipinski definition) is 2. The first kappa shape index (κ1) is 25.2. The van der Waals surface area contributed by atoms with Crippen LogP contribution in [-0.4, -0.2) is 17.3 Å². The summed E-state index contributed by atoms with van der Waals surface area (Å²) in [6.45, 7) is 5.33. The van der Waals surface area contributed by atoms with Gasteiger partial charge in [-0.3, -0.25) is 0 Å². The molecule has 0 unspecified atom stereocenters. The average molecular weight is 448 g/mol. The van der Waals surface area contributed by atoms with E-state index in [1.54, 1.807) is 6.92 Å². The van der Waals surface area contributed by atoms with E-state index in [-0.39, 0.29) is 24.2 Å². The molecule has 0 aromatic heterocycles. The van der Waals surface area contributed by atoms with E-state index in [0.29, 0.717) is 25.0 Å². The summed E-state index contributed by atoms with van der Waals surface area (Å²) in [5.41, 5.74) is -2.33. The minimum absolute atomic E-state index is 0.0512. The van der Waals surface area contributed by atoms with Gasteiger partial charge in [0.25, 0.3) is 0 Å². The molecule has 0 spiro atoms. The zero-order valence-electron chi connectivity index (χ0n) is 17.5. The van der Waals surface area contributed by atoms with Crippen LogP contribution in [0.15, 0.2) is 48.5 Å². The Labute approximate surface area is 177 Å². The van der Waals surface area contributed by atoms with Crippen LogP contribution in [0.2, 0.25) is 0 Å². The highest BCUT2D eigenvalue weighted by Crippen LogP contribution is 2.40. The third-order valence-electron chi connectivity index (χ3n) is 5.06. The number of rotatable bonds is 4. The summed E-state index contributed by atoms with van der Waals surface area (Å²) in [6, 6.07) is 11.7. The van der Waals surface area contributed by atoms with Crippen LogP contribution in [0.25, 0.3) is 0 Å². The lowest BCUT2D eigenvalue weighted by Crippen LogP contribution is -2.42. The van der Waals surface area contributed by atoms with Crippen LogP contribution in [0.5, 0.6) is 0 Å². The topological polar surface area (TPSA) is 29.5 Å². The molecule has 0 heterocycles. The molecule has 2 aromatic carbocycles. The largest absolute Gasteiger partial charge is 0.416 e. The summed E-state index contributed by atoms with van der Waals surface area (Å²) in [5, 5.41) is 9.61. The van der Waals surface area contributed by atoms with E-state index in [1.165, 1.54) is 12.5 Å². The van der Waals surface area contributed by atoms with Crippen molar-refractivity contribution in [3.05, 3.63) is 70.8 Å². The Morgan fingerprint density at radius 1 is 0.968 bits per heavy atom. The van der Waals surface area contributed by atoms with Gasteiger partial charge in [-0.1, -0.05) is 35.9 Å². The van der Waals surface area contributed by atoms with Crippen molar-refractivity contribution >= 4 is 0 Å². The van der Waals surface area contributed by atoms with Crippen molar-refractivity contribution in [1.29, 1.82) is 0 Å². The Bertz CT molecular complexity index is 803. The molecule has 1 saturated carbocycles. The van der Waals surface area contributed by atoms with Gasteiger partial charge in [-0.05, 0) is 63.3 Å². The molecule has 2 nitrogen and oxygen atoms in total. The third kappa shape index (κ3) is 7.85. The normalized spacial score (nSPS) is 22.2. The maximum Gasteiger partial charge on any atom is 0.416 e. The molecule has 0 bridgehead atoms. The molecule has 1 N–H and O–H groups in total. The summed E-state index contributed by atoms with van der Waals surface area (Å²) in [7, 11) is 0. The molecule has 172 valence electrons. The number of ether oxygens (including phenoxy) is 1. The maximum atomic E-state index is 12.8. The predicted octanol–water partition coefficient (Wildman–Crippen LogP) is 6.96. The number of halogens is 6. The second-order valence-electron chi connectivity index (χ2n) is 8.24. The monoisotopic (exact) mass is 448 g/mol. The van der Waals surface area contributed by atoms with Gasteiger partial charge in [0.15, 0.2) is 0 Å². The lowest BCUT2D eigenvalue weighted by atomic mass is 9.73. The van der Waals surface area contributed by atoms with E-state index >= 15 is 0 Å². The van der Waals surface area contributed by atoms with E-state index in [1.807, 2.05) is 18.2 Å². The van der Waals surface area contributed by atoms with Crippen LogP contribution in [0.4, 0.5) is 26.3 Å². The first-order valence-corrected chi connectivity index (χ1v) is 9.82.